The molecule has 0 heterocycles. The summed E-state index contributed by atoms with van der Waals surface area (Å²) in [5, 5.41) is 18.0. The largest absolute Gasteiger partial charge is 0.508 e. The van der Waals surface area contributed by atoms with Crippen LogP contribution in [0.5, 0.6) is 5.75 Å². The molecule has 0 spiro atoms. The minimum absolute atomic E-state index is 0.0764. The molecule has 0 aliphatic rings. The lowest BCUT2D eigenvalue weighted by Gasteiger charge is -2.07. The number of phenols is 1. The van der Waals surface area contributed by atoms with E-state index < -0.39 is 22.2 Å². The van der Waals surface area contributed by atoms with E-state index in [2.05, 4.69) is 0 Å². The molecule has 0 aliphatic heterocycles. The van der Waals surface area contributed by atoms with Gasteiger partial charge in [0.25, 0.3) is 0 Å². The van der Waals surface area contributed by atoms with Gasteiger partial charge in [-0.2, -0.15) is 0 Å². The van der Waals surface area contributed by atoms with E-state index in [1.54, 1.807) is 0 Å². The summed E-state index contributed by atoms with van der Waals surface area (Å²) in [6.07, 6.45) is 0.447. The molecule has 0 aromatic heterocycles. The highest BCUT2D eigenvalue weighted by atomic mass is 32.2. The number of carboxylic acids is 1. The number of aromatic hydroxyl groups is 1. The molecule has 15 heavy (non-hydrogen) atoms. The van der Waals surface area contributed by atoms with Crippen molar-refractivity contribution in [2.45, 2.75) is 11.3 Å². The van der Waals surface area contributed by atoms with Crippen LogP contribution >= 0.6 is 0 Å². The molecule has 0 unspecified atom stereocenters. The number of carbonyl (C=O) groups is 1. The molecule has 0 atom stereocenters. The first kappa shape index (κ1) is 11.5. The summed E-state index contributed by atoms with van der Waals surface area (Å²) >= 11 is 0. The van der Waals surface area contributed by atoms with Crippen molar-refractivity contribution < 1.29 is 23.4 Å². The van der Waals surface area contributed by atoms with Crippen LogP contribution in [0.25, 0.3) is 0 Å². The van der Waals surface area contributed by atoms with E-state index in [1.165, 1.54) is 18.2 Å². The normalized spacial score (nSPS) is 11.3. The van der Waals surface area contributed by atoms with Gasteiger partial charge >= 0.3 is 5.97 Å². The third kappa shape index (κ3) is 2.69. The summed E-state index contributed by atoms with van der Waals surface area (Å²) < 4.78 is 22.6. The molecule has 0 amide bonds. The van der Waals surface area contributed by atoms with Crippen molar-refractivity contribution in [1.29, 1.82) is 0 Å². The summed E-state index contributed by atoms with van der Waals surface area (Å²) in [4.78, 5) is 10.3. The monoisotopic (exact) mass is 230 g/mol. The van der Waals surface area contributed by atoms with Crippen LogP contribution in [-0.4, -0.2) is 30.9 Å². The van der Waals surface area contributed by atoms with Gasteiger partial charge in [0.2, 0.25) is 0 Å². The van der Waals surface area contributed by atoms with Crippen LogP contribution in [0, 0.1) is 0 Å². The Hall–Kier alpha value is -1.56. The molecule has 0 saturated carbocycles. The molecular formula is C9H10O5S. The number of carboxylic acid groups (broad SMARTS) is 1. The van der Waals surface area contributed by atoms with Gasteiger partial charge in [-0.1, -0.05) is 6.07 Å². The standard InChI is InChI=1S/C9H10O5S/c1-15(13,14)8-4-2-3-7(10)6(8)5-9(11)12/h2-4,10H,5H2,1H3,(H,11,12). The topological polar surface area (TPSA) is 91.7 Å². The van der Waals surface area contributed by atoms with Crippen molar-refractivity contribution in [2.75, 3.05) is 6.26 Å². The number of aliphatic carboxylic acids is 1. The molecule has 0 aliphatic carbocycles. The third-order valence-corrected chi connectivity index (χ3v) is 3.02. The van der Waals surface area contributed by atoms with Gasteiger partial charge in [0, 0.05) is 11.8 Å². The zero-order valence-electron chi connectivity index (χ0n) is 7.97. The van der Waals surface area contributed by atoms with Gasteiger partial charge in [0.05, 0.1) is 11.3 Å². The Morgan fingerprint density at radius 1 is 1.40 bits per heavy atom. The van der Waals surface area contributed by atoms with Crippen molar-refractivity contribution in [3.63, 3.8) is 0 Å². The summed E-state index contributed by atoms with van der Waals surface area (Å²) in [6.45, 7) is 0. The van der Waals surface area contributed by atoms with Crippen molar-refractivity contribution in [2.24, 2.45) is 0 Å². The predicted octanol–water partition coefficient (Wildman–Crippen LogP) is 0.423. The maximum Gasteiger partial charge on any atom is 0.308 e. The van der Waals surface area contributed by atoms with Crippen LogP contribution < -0.4 is 0 Å². The molecule has 0 bridgehead atoms. The lowest BCUT2D eigenvalue weighted by molar-refractivity contribution is -0.136. The molecule has 6 heteroatoms. The second-order valence-corrected chi connectivity index (χ2v) is 5.08. The summed E-state index contributed by atoms with van der Waals surface area (Å²) in [5.74, 6) is -1.51. The number of hydrogen-bond donors (Lipinski definition) is 2. The highest BCUT2D eigenvalue weighted by Gasteiger charge is 2.18. The SMILES string of the molecule is CS(=O)(=O)c1cccc(O)c1CC(=O)O. The van der Waals surface area contributed by atoms with Gasteiger partial charge in [-0.05, 0) is 12.1 Å². The van der Waals surface area contributed by atoms with Gasteiger partial charge < -0.3 is 10.2 Å². The minimum Gasteiger partial charge on any atom is -0.508 e. The maximum absolute atomic E-state index is 11.3. The second kappa shape index (κ2) is 3.90. The minimum atomic E-state index is -3.52. The molecular weight excluding hydrogens is 220 g/mol. The van der Waals surface area contributed by atoms with Crippen molar-refractivity contribution in [3.05, 3.63) is 23.8 Å². The van der Waals surface area contributed by atoms with Crippen molar-refractivity contribution in [1.82, 2.24) is 0 Å². The first-order chi connectivity index (χ1) is 6.82. The molecule has 82 valence electrons. The van der Waals surface area contributed by atoms with Crippen LogP contribution in [0.2, 0.25) is 0 Å². The Morgan fingerprint density at radius 3 is 2.47 bits per heavy atom. The number of sulfone groups is 1. The molecule has 1 rings (SSSR count). The number of hydrogen-bond acceptors (Lipinski definition) is 4. The summed E-state index contributed by atoms with van der Waals surface area (Å²) in [7, 11) is -3.52. The Labute approximate surface area is 86.9 Å². The van der Waals surface area contributed by atoms with Gasteiger partial charge in [-0.25, -0.2) is 8.42 Å². The van der Waals surface area contributed by atoms with Crippen molar-refractivity contribution >= 4 is 15.8 Å². The number of benzene rings is 1. The highest BCUT2D eigenvalue weighted by molar-refractivity contribution is 7.90. The van der Waals surface area contributed by atoms with E-state index in [0.29, 0.717) is 0 Å². The number of phenolic OH excluding ortho intramolecular Hbond substituents is 1. The summed E-state index contributed by atoms with van der Waals surface area (Å²) in [6, 6.07) is 3.89. The van der Waals surface area contributed by atoms with Gasteiger partial charge in [-0.3, -0.25) is 4.79 Å². The van der Waals surface area contributed by atoms with E-state index in [9.17, 15) is 18.3 Å². The lowest BCUT2D eigenvalue weighted by atomic mass is 10.1. The Balaban J connectivity index is 3.40. The molecule has 0 saturated heterocycles. The van der Waals surface area contributed by atoms with Crippen LogP contribution in [0.4, 0.5) is 0 Å². The van der Waals surface area contributed by atoms with Crippen LogP contribution in [-0.2, 0) is 21.1 Å². The Bertz CT molecular complexity index is 489. The van der Waals surface area contributed by atoms with E-state index in [4.69, 9.17) is 5.11 Å². The quantitative estimate of drug-likeness (QED) is 0.785. The average molecular weight is 230 g/mol. The van der Waals surface area contributed by atoms with Crippen molar-refractivity contribution in [3.8, 4) is 5.75 Å². The van der Waals surface area contributed by atoms with Crippen LogP contribution in [0.15, 0.2) is 23.1 Å². The van der Waals surface area contributed by atoms with Crippen LogP contribution in [0.1, 0.15) is 5.56 Å². The van der Waals surface area contributed by atoms with E-state index in [0.717, 1.165) is 6.26 Å². The highest BCUT2D eigenvalue weighted by Crippen LogP contribution is 2.25. The van der Waals surface area contributed by atoms with E-state index in [1.807, 2.05) is 0 Å². The second-order valence-electron chi connectivity index (χ2n) is 3.10. The predicted molar refractivity (Wildman–Crippen MR) is 52.6 cm³/mol. The van der Waals surface area contributed by atoms with Gasteiger partial charge in [0.1, 0.15) is 5.75 Å². The molecule has 5 nitrogen and oxygen atoms in total. The lowest BCUT2D eigenvalue weighted by Crippen LogP contribution is -2.07. The first-order valence-electron chi connectivity index (χ1n) is 4.05. The summed E-state index contributed by atoms with van der Waals surface area (Å²) in [5.41, 5.74) is -0.0764. The molecule has 1 aromatic rings. The fourth-order valence-corrected chi connectivity index (χ4v) is 2.18. The average Bonchev–Trinajstić information content (AvgIpc) is 2.05. The molecule has 1 aromatic carbocycles. The van der Waals surface area contributed by atoms with E-state index >= 15 is 0 Å². The smallest absolute Gasteiger partial charge is 0.308 e. The maximum atomic E-state index is 11.3. The van der Waals surface area contributed by atoms with Gasteiger partial charge in [0.15, 0.2) is 9.84 Å². The van der Waals surface area contributed by atoms with Gasteiger partial charge in [-0.15, -0.1) is 0 Å². The molecule has 2 N–H and O–H groups in total. The fourth-order valence-electron chi connectivity index (χ4n) is 1.23. The fraction of sp³-hybridized carbons (Fsp3) is 0.222. The molecule has 0 fully saturated rings. The third-order valence-electron chi connectivity index (χ3n) is 1.84. The Kier molecular flexibility index (Phi) is 2.99. The molecule has 0 radical (unpaired) electrons. The van der Waals surface area contributed by atoms with E-state index in [-0.39, 0.29) is 16.2 Å². The van der Waals surface area contributed by atoms with Crippen LogP contribution in [0.3, 0.4) is 0 Å². The Morgan fingerprint density at radius 2 is 2.00 bits per heavy atom. The zero-order chi connectivity index (χ0) is 11.6. The number of rotatable bonds is 3. The zero-order valence-corrected chi connectivity index (χ0v) is 8.78. The first-order valence-corrected chi connectivity index (χ1v) is 5.94.